The number of benzene rings is 1. The number of thiazole rings is 1. The van der Waals surface area contributed by atoms with Gasteiger partial charge < -0.3 is 4.74 Å². The highest BCUT2D eigenvalue weighted by Crippen LogP contribution is 2.25. The minimum atomic E-state index is 0.469. The van der Waals surface area contributed by atoms with Crippen molar-refractivity contribution < 1.29 is 4.74 Å². The van der Waals surface area contributed by atoms with E-state index in [-0.39, 0.29) is 0 Å². The van der Waals surface area contributed by atoms with E-state index in [9.17, 15) is 0 Å². The summed E-state index contributed by atoms with van der Waals surface area (Å²) in [6, 6.07) is 8.36. The van der Waals surface area contributed by atoms with Gasteiger partial charge in [-0.3, -0.25) is 0 Å². The molecule has 0 aliphatic carbocycles. The fraction of sp³-hybridized carbons (Fsp3) is 0.400. The smallest absolute Gasteiger partial charge is 0.123 e. The van der Waals surface area contributed by atoms with E-state index in [1.807, 2.05) is 5.38 Å². The third-order valence-corrected chi connectivity index (χ3v) is 3.99. The van der Waals surface area contributed by atoms with Gasteiger partial charge in [0.25, 0.3) is 0 Å². The zero-order valence-electron chi connectivity index (χ0n) is 11.1. The van der Waals surface area contributed by atoms with Gasteiger partial charge in [-0.25, -0.2) is 4.98 Å². The number of unbranched alkanes of at least 4 members (excludes halogenated alkanes) is 1. The van der Waals surface area contributed by atoms with Gasteiger partial charge in [0.15, 0.2) is 0 Å². The molecule has 2 nitrogen and oxygen atoms in total. The first-order valence-corrected chi connectivity index (χ1v) is 7.92. The number of hydrogen-bond donors (Lipinski definition) is 0. The number of aromatic nitrogens is 1. The van der Waals surface area contributed by atoms with Crippen molar-refractivity contribution in [3.63, 3.8) is 0 Å². The highest BCUT2D eigenvalue weighted by atomic mass is 35.5. The summed E-state index contributed by atoms with van der Waals surface area (Å²) in [7, 11) is 0. The molecule has 0 N–H and O–H groups in total. The largest absolute Gasteiger partial charge is 0.377 e. The van der Waals surface area contributed by atoms with Crippen molar-refractivity contribution in [2.24, 2.45) is 0 Å². The second kappa shape index (κ2) is 7.63. The third kappa shape index (κ3) is 4.30. The van der Waals surface area contributed by atoms with E-state index in [1.165, 1.54) is 12.0 Å². The van der Waals surface area contributed by atoms with Crippen LogP contribution in [0.2, 0.25) is 0 Å². The van der Waals surface area contributed by atoms with E-state index in [0.717, 1.165) is 29.3 Å². The standard InChI is InChI=1S/C15H18ClNOS/c1-2-3-7-18-10-12-5-4-6-13(8-12)15-17-14(9-16)11-19-15/h4-6,8,11H,2-3,7,9-10H2,1H3. The SMILES string of the molecule is CCCCOCc1cccc(-c2nc(CCl)cs2)c1. The summed E-state index contributed by atoms with van der Waals surface area (Å²) in [6.07, 6.45) is 2.28. The van der Waals surface area contributed by atoms with Gasteiger partial charge in [-0.2, -0.15) is 0 Å². The van der Waals surface area contributed by atoms with E-state index in [0.29, 0.717) is 12.5 Å². The van der Waals surface area contributed by atoms with E-state index in [1.54, 1.807) is 11.3 Å². The van der Waals surface area contributed by atoms with Crippen LogP contribution in [0, 0.1) is 0 Å². The number of halogens is 1. The summed E-state index contributed by atoms with van der Waals surface area (Å²) in [4.78, 5) is 4.50. The van der Waals surface area contributed by atoms with Crippen LogP contribution >= 0.6 is 22.9 Å². The molecule has 2 rings (SSSR count). The van der Waals surface area contributed by atoms with Crippen molar-refractivity contribution in [2.45, 2.75) is 32.3 Å². The van der Waals surface area contributed by atoms with E-state index in [2.05, 4.69) is 36.2 Å². The van der Waals surface area contributed by atoms with E-state index in [4.69, 9.17) is 16.3 Å². The maximum absolute atomic E-state index is 5.78. The predicted octanol–water partition coefficient (Wildman–Crippen LogP) is 4.87. The average Bonchev–Trinajstić information content (AvgIpc) is 2.93. The molecule has 1 aromatic heterocycles. The first-order chi connectivity index (χ1) is 9.33. The van der Waals surface area contributed by atoms with Gasteiger partial charge in [0, 0.05) is 17.6 Å². The van der Waals surface area contributed by atoms with Crippen LogP contribution in [0.1, 0.15) is 31.0 Å². The van der Waals surface area contributed by atoms with Gasteiger partial charge in [-0.15, -0.1) is 22.9 Å². The molecule has 0 saturated carbocycles. The Morgan fingerprint density at radius 2 is 2.26 bits per heavy atom. The molecule has 4 heteroatoms. The van der Waals surface area contributed by atoms with Crippen molar-refractivity contribution >= 4 is 22.9 Å². The van der Waals surface area contributed by atoms with Crippen molar-refractivity contribution in [1.82, 2.24) is 4.98 Å². The number of rotatable bonds is 7. The summed E-state index contributed by atoms with van der Waals surface area (Å²) < 4.78 is 5.64. The molecule has 0 radical (unpaired) electrons. The molecule has 1 aromatic carbocycles. The molecule has 0 fully saturated rings. The second-order valence-electron chi connectivity index (χ2n) is 4.38. The number of alkyl halides is 1. The molecule has 102 valence electrons. The maximum atomic E-state index is 5.78. The first-order valence-electron chi connectivity index (χ1n) is 6.51. The van der Waals surface area contributed by atoms with Crippen LogP contribution in [0.3, 0.4) is 0 Å². The quantitative estimate of drug-likeness (QED) is 0.537. The Hall–Kier alpha value is -0.900. The normalized spacial score (nSPS) is 10.8. The minimum Gasteiger partial charge on any atom is -0.377 e. The Morgan fingerprint density at radius 3 is 3.00 bits per heavy atom. The first kappa shape index (κ1) is 14.5. The molecule has 2 aromatic rings. The second-order valence-corrected chi connectivity index (χ2v) is 5.51. The summed E-state index contributed by atoms with van der Waals surface area (Å²) >= 11 is 7.41. The highest BCUT2D eigenvalue weighted by Gasteiger charge is 2.05. The van der Waals surface area contributed by atoms with Gasteiger partial charge in [-0.05, 0) is 18.1 Å². The van der Waals surface area contributed by atoms with Gasteiger partial charge >= 0.3 is 0 Å². The summed E-state index contributed by atoms with van der Waals surface area (Å²) in [5, 5.41) is 3.03. The predicted molar refractivity (Wildman–Crippen MR) is 81.7 cm³/mol. The molecular weight excluding hydrogens is 278 g/mol. The topological polar surface area (TPSA) is 22.1 Å². The molecule has 19 heavy (non-hydrogen) atoms. The third-order valence-electron chi connectivity index (χ3n) is 2.77. The van der Waals surface area contributed by atoms with E-state index >= 15 is 0 Å². The lowest BCUT2D eigenvalue weighted by atomic mass is 10.1. The Morgan fingerprint density at radius 1 is 1.37 bits per heavy atom. The van der Waals surface area contributed by atoms with Gasteiger partial charge in [0.1, 0.15) is 5.01 Å². The lowest BCUT2D eigenvalue weighted by Crippen LogP contribution is -1.95. The lowest BCUT2D eigenvalue weighted by molar-refractivity contribution is 0.118. The summed E-state index contributed by atoms with van der Waals surface area (Å²) in [5.41, 5.74) is 3.26. The molecule has 0 unspecified atom stereocenters. The van der Waals surface area contributed by atoms with Crippen molar-refractivity contribution in [1.29, 1.82) is 0 Å². The average molecular weight is 296 g/mol. The number of hydrogen-bond acceptors (Lipinski definition) is 3. The Bertz CT molecular complexity index is 512. The maximum Gasteiger partial charge on any atom is 0.123 e. The number of nitrogens with zero attached hydrogens (tertiary/aromatic N) is 1. The Labute approximate surface area is 123 Å². The molecule has 0 saturated heterocycles. The van der Waals surface area contributed by atoms with Gasteiger partial charge in [0.05, 0.1) is 18.2 Å². The van der Waals surface area contributed by atoms with Crippen LogP contribution in [0.5, 0.6) is 0 Å². The van der Waals surface area contributed by atoms with Crippen molar-refractivity contribution in [3.8, 4) is 10.6 Å². The summed E-state index contributed by atoms with van der Waals surface area (Å²) in [6.45, 7) is 3.66. The number of ether oxygens (including phenoxy) is 1. The lowest BCUT2D eigenvalue weighted by Gasteiger charge is -2.05. The van der Waals surface area contributed by atoms with Crippen LogP contribution < -0.4 is 0 Å². The fourth-order valence-electron chi connectivity index (χ4n) is 1.73. The fourth-order valence-corrected chi connectivity index (χ4v) is 2.78. The zero-order chi connectivity index (χ0) is 13.5. The van der Waals surface area contributed by atoms with Gasteiger partial charge in [0.2, 0.25) is 0 Å². The Kier molecular flexibility index (Phi) is 5.83. The Balaban J connectivity index is 2.02. The summed E-state index contributed by atoms with van der Waals surface area (Å²) in [5.74, 6) is 0.469. The molecule has 0 aliphatic rings. The van der Waals surface area contributed by atoms with E-state index < -0.39 is 0 Å². The van der Waals surface area contributed by atoms with Crippen molar-refractivity contribution in [2.75, 3.05) is 6.61 Å². The van der Waals surface area contributed by atoms with Gasteiger partial charge in [-0.1, -0.05) is 31.5 Å². The van der Waals surface area contributed by atoms with Crippen molar-refractivity contribution in [3.05, 3.63) is 40.9 Å². The molecule has 0 atom stereocenters. The van der Waals surface area contributed by atoms with Crippen LogP contribution in [-0.2, 0) is 17.2 Å². The molecule has 0 amide bonds. The zero-order valence-corrected chi connectivity index (χ0v) is 12.6. The highest BCUT2D eigenvalue weighted by molar-refractivity contribution is 7.13. The molecule has 0 aliphatic heterocycles. The van der Waals surface area contributed by atoms with Crippen LogP contribution in [0.4, 0.5) is 0 Å². The van der Waals surface area contributed by atoms with Crippen LogP contribution in [0.15, 0.2) is 29.6 Å². The van der Waals surface area contributed by atoms with Crippen LogP contribution in [-0.4, -0.2) is 11.6 Å². The minimum absolute atomic E-state index is 0.469. The monoisotopic (exact) mass is 295 g/mol. The van der Waals surface area contributed by atoms with Crippen LogP contribution in [0.25, 0.3) is 10.6 Å². The molecule has 0 spiro atoms. The molecule has 1 heterocycles. The molecular formula is C15H18ClNOS. The molecule has 0 bridgehead atoms.